The third-order valence-electron chi connectivity index (χ3n) is 4.37. The average molecular weight is 349 g/mol. The topological polar surface area (TPSA) is 45.6 Å². The summed E-state index contributed by atoms with van der Waals surface area (Å²) in [7, 11) is 0. The maximum atomic E-state index is 12.9. The van der Waals surface area contributed by atoms with Gasteiger partial charge in [0.2, 0.25) is 0 Å². The lowest BCUT2D eigenvalue weighted by atomic mass is 10.2. The zero-order valence-electron chi connectivity index (χ0n) is 13.6. The normalized spacial score (nSPS) is 15.7. The molecule has 0 radical (unpaired) electrons. The average Bonchev–Trinajstić information content (AvgIpc) is 2.92. The fourth-order valence-corrected chi connectivity index (χ4v) is 3.63. The Morgan fingerprint density at radius 2 is 1.79 bits per heavy atom. The van der Waals surface area contributed by atoms with Crippen LogP contribution in [0.3, 0.4) is 0 Å². The van der Waals surface area contributed by atoms with Crippen LogP contribution in [0.5, 0.6) is 0 Å². The Morgan fingerprint density at radius 1 is 1.12 bits per heavy atom. The molecule has 0 spiro atoms. The maximum absolute atomic E-state index is 12.9. The molecule has 1 amide bonds. The molecule has 0 aliphatic carbocycles. The summed E-state index contributed by atoms with van der Waals surface area (Å²) in [4.78, 5) is 28.3. The molecule has 128 valence electrons. The van der Waals surface area contributed by atoms with E-state index in [1.807, 2.05) is 12.3 Å². The minimum atomic E-state index is -0.338. The molecule has 2 heterocycles. The van der Waals surface area contributed by atoms with Crippen LogP contribution in [0, 0.1) is 12.7 Å². The Balaban J connectivity index is 1.51. The highest BCUT2D eigenvalue weighted by atomic mass is 32.1. The summed E-state index contributed by atoms with van der Waals surface area (Å²) in [6, 6.07) is 5.67. The highest BCUT2D eigenvalue weighted by molar-refractivity contribution is 7.07. The fraction of sp³-hybridized carbons (Fsp3) is 0.412. The molecule has 3 rings (SSSR count). The number of halogens is 1. The van der Waals surface area contributed by atoms with Gasteiger partial charge < -0.3 is 9.47 Å². The van der Waals surface area contributed by atoms with Crippen LogP contribution >= 0.6 is 11.3 Å². The predicted molar refractivity (Wildman–Crippen MR) is 92.1 cm³/mol. The van der Waals surface area contributed by atoms with E-state index in [1.54, 1.807) is 9.47 Å². The van der Waals surface area contributed by atoms with Gasteiger partial charge in [-0.25, -0.2) is 4.39 Å². The molecule has 0 saturated carbocycles. The maximum Gasteiger partial charge on any atom is 0.307 e. The molecule has 1 aliphatic heterocycles. The molecule has 0 unspecified atom stereocenters. The molecule has 0 bridgehead atoms. The van der Waals surface area contributed by atoms with Crippen molar-refractivity contribution in [1.29, 1.82) is 0 Å². The lowest BCUT2D eigenvalue weighted by Crippen LogP contribution is -2.49. The highest BCUT2D eigenvalue weighted by Crippen LogP contribution is 2.10. The smallest absolute Gasteiger partial charge is 0.307 e. The number of carbonyl (C=O) groups excluding carboxylic acids is 1. The predicted octanol–water partition coefficient (Wildman–Crippen LogP) is 1.82. The molecule has 1 saturated heterocycles. The van der Waals surface area contributed by atoms with E-state index in [0.29, 0.717) is 25.2 Å². The second kappa shape index (κ2) is 7.27. The van der Waals surface area contributed by atoms with Crippen molar-refractivity contribution in [3.05, 3.63) is 56.4 Å². The number of aryl methyl sites for hydroxylation is 1. The van der Waals surface area contributed by atoms with E-state index in [0.717, 1.165) is 25.3 Å². The molecule has 1 aliphatic rings. The SMILES string of the molecule is Cc1csc(=O)n1CCN1CCN(C(=O)c2ccc(F)cc2)CC1. The summed E-state index contributed by atoms with van der Waals surface area (Å²) in [5.41, 5.74) is 1.51. The summed E-state index contributed by atoms with van der Waals surface area (Å²) in [5, 5.41) is 1.88. The summed E-state index contributed by atoms with van der Waals surface area (Å²) in [6.07, 6.45) is 0. The van der Waals surface area contributed by atoms with Gasteiger partial charge in [0.05, 0.1) is 0 Å². The van der Waals surface area contributed by atoms with E-state index in [2.05, 4.69) is 4.90 Å². The van der Waals surface area contributed by atoms with Gasteiger partial charge in [0.25, 0.3) is 5.91 Å². The van der Waals surface area contributed by atoms with Crippen molar-refractivity contribution >= 4 is 17.2 Å². The van der Waals surface area contributed by atoms with E-state index in [9.17, 15) is 14.0 Å². The van der Waals surface area contributed by atoms with Crippen LogP contribution in [0.2, 0.25) is 0 Å². The summed E-state index contributed by atoms with van der Waals surface area (Å²) >= 11 is 1.23. The molecule has 1 aromatic carbocycles. The van der Waals surface area contributed by atoms with Crippen LogP contribution in [0.1, 0.15) is 16.1 Å². The first-order chi connectivity index (χ1) is 11.5. The molecule has 1 fully saturated rings. The van der Waals surface area contributed by atoms with Crippen LogP contribution in [0.4, 0.5) is 4.39 Å². The van der Waals surface area contributed by atoms with Crippen LogP contribution in [0.25, 0.3) is 0 Å². The lowest BCUT2D eigenvalue weighted by molar-refractivity contribution is 0.0633. The number of piperazine rings is 1. The number of hydrogen-bond acceptors (Lipinski definition) is 4. The first-order valence-corrected chi connectivity index (χ1v) is 8.84. The third kappa shape index (κ3) is 3.73. The number of nitrogens with zero attached hydrogens (tertiary/aromatic N) is 3. The number of aromatic nitrogens is 1. The van der Waals surface area contributed by atoms with Crippen LogP contribution in [0.15, 0.2) is 34.4 Å². The Kier molecular flexibility index (Phi) is 5.11. The van der Waals surface area contributed by atoms with Crippen molar-refractivity contribution in [3.63, 3.8) is 0 Å². The lowest BCUT2D eigenvalue weighted by Gasteiger charge is -2.34. The zero-order chi connectivity index (χ0) is 17.1. The fourth-order valence-electron chi connectivity index (χ4n) is 2.87. The monoisotopic (exact) mass is 349 g/mol. The van der Waals surface area contributed by atoms with Gasteiger partial charge in [0.15, 0.2) is 0 Å². The largest absolute Gasteiger partial charge is 0.336 e. The minimum Gasteiger partial charge on any atom is -0.336 e. The van der Waals surface area contributed by atoms with Gasteiger partial charge in [0, 0.05) is 55.9 Å². The van der Waals surface area contributed by atoms with Crippen molar-refractivity contribution in [2.75, 3.05) is 32.7 Å². The first kappa shape index (κ1) is 16.9. The van der Waals surface area contributed by atoms with Gasteiger partial charge >= 0.3 is 4.87 Å². The second-order valence-corrected chi connectivity index (χ2v) is 6.76. The van der Waals surface area contributed by atoms with Crippen molar-refractivity contribution in [3.8, 4) is 0 Å². The van der Waals surface area contributed by atoms with Gasteiger partial charge in [0.1, 0.15) is 5.82 Å². The summed E-state index contributed by atoms with van der Waals surface area (Å²) in [5.74, 6) is -0.394. The number of amides is 1. The Morgan fingerprint density at radius 3 is 2.38 bits per heavy atom. The number of carbonyl (C=O) groups is 1. The van der Waals surface area contributed by atoms with E-state index in [1.165, 1.54) is 35.6 Å². The molecule has 1 aromatic heterocycles. The molecular formula is C17H20FN3O2S. The standard InChI is InChI=1S/C17H20FN3O2S/c1-13-12-24-17(23)21(13)11-8-19-6-9-20(10-7-19)16(22)14-2-4-15(18)5-3-14/h2-5,12H,6-11H2,1H3. The number of benzene rings is 1. The van der Waals surface area contributed by atoms with Crippen molar-refractivity contribution in [1.82, 2.24) is 14.4 Å². The molecular weight excluding hydrogens is 329 g/mol. The van der Waals surface area contributed by atoms with Gasteiger partial charge in [-0.3, -0.25) is 14.5 Å². The molecule has 0 N–H and O–H groups in total. The third-order valence-corrected chi connectivity index (χ3v) is 5.25. The first-order valence-electron chi connectivity index (χ1n) is 7.97. The van der Waals surface area contributed by atoms with E-state index in [-0.39, 0.29) is 16.6 Å². The number of hydrogen-bond donors (Lipinski definition) is 0. The zero-order valence-corrected chi connectivity index (χ0v) is 14.4. The van der Waals surface area contributed by atoms with E-state index in [4.69, 9.17) is 0 Å². The molecule has 5 nitrogen and oxygen atoms in total. The molecule has 0 atom stereocenters. The van der Waals surface area contributed by atoms with Crippen molar-refractivity contribution < 1.29 is 9.18 Å². The summed E-state index contributed by atoms with van der Waals surface area (Å²) < 4.78 is 14.7. The minimum absolute atomic E-state index is 0.0560. The van der Waals surface area contributed by atoms with Gasteiger partial charge in [-0.05, 0) is 31.2 Å². The van der Waals surface area contributed by atoms with Crippen molar-refractivity contribution in [2.24, 2.45) is 0 Å². The van der Waals surface area contributed by atoms with Crippen molar-refractivity contribution in [2.45, 2.75) is 13.5 Å². The Hall–Kier alpha value is -1.99. The molecule has 7 heteroatoms. The summed E-state index contributed by atoms with van der Waals surface area (Å²) in [6.45, 7) is 6.28. The van der Waals surface area contributed by atoms with Crippen LogP contribution < -0.4 is 4.87 Å². The van der Waals surface area contributed by atoms with Gasteiger partial charge in [-0.1, -0.05) is 11.3 Å². The number of rotatable bonds is 4. The second-order valence-electron chi connectivity index (χ2n) is 5.94. The van der Waals surface area contributed by atoms with Gasteiger partial charge in [-0.15, -0.1) is 0 Å². The highest BCUT2D eigenvalue weighted by Gasteiger charge is 2.22. The molecule has 24 heavy (non-hydrogen) atoms. The van der Waals surface area contributed by atoms with Crippen LogP contribution in [-0.4, -0.2) is 53.0 Å². The Labute approximate surface area is 143 Å². The van der Waals surface area contributed by atoms with Gasteiger partial charge in [-0.2, -0.15) is 0 Å². The van der Waals surface area contributed by atoms with E-state index < -0.39 is 0 Å². The Bertz CT molecular complexity index is 761. The van der Waals surface area contributed by atoms with Crippen LogP contribution in [-0.2, 0) is 6.54 Å². The number of thiazole rings is 1. The van der Waals surface area contributed by atoms with E-state index >= 15 is 0 Å². The molecule has 2 aromatic rings. The quantitative estimate of drug-likeness (QED) is 0.846.